The lowest BCUT2D eigenvalue weighted by atomic mass is 10.0. The second kappa shape index (κ2) is 8.90. The third-order valence-corrected chi connectivity index (χ3v) is 5.56. The number of aromatic carboxylic acids is 1. The number of carbonyl (C=O) groups excluding carboxylic acids is 2. The molecule has 1 saturated carbocycles. The van der Waals surface area contributed by atoms with E-state index in [0.29, 0.717) is 12.0 Å². The van der Waals surface area contributed by atoms with Crippen LogP contribution in [0.2, 0.25) is 0 Å². The van der Waals surface area contributed by atoms with Gasteiger partial charge in [0.05, 0.1) is 5.56 Å². The van der Waals surface area contributed by atoms with Gasteiger partial charge in [-0.2, -0.15) is 0 Å². The summed E-state index contributed by atoms with van der Waals surface area (Å²) < 4.78 is 0. The Morgan fingerprint density at radius 2 is 1.52 bits per heavy atom. The molecule has 2 amide bonds. The molecule has 6 nitrogen and oxygen atoms in total. The quantitative estimate of drug-likeness (QED) is 0.784. The molecule has 0 aliphatic heterocycles. The van der Waals surface area contributed by atoms with E-state index in [9.17, 15) is 14.4 Å². The van der Waals surface area contributed by atoms with Crippen LogP contribution in [0, 0.1) is 0 Å². The molecule has 0 radical (unpaired) electrons. The fourth-order valence-electron chi connectivity index (χ4n) is 3.75. The molecule has 2 atom stereocenters. The summed E-state index contributed by atoms with van der Waals surface area (Å²) in [6, 6.07) is 14.2. The number of benzene rings is 2. The number of carboxylic acid groups (broad SMARTS) is 1. The highest BCUT2D eigenvalue weighted by molar-refractivity contribution is 5.95. The zero-order chi connectivity index (χ0) is 21.0. The Kier molecular flexibility index (Phi) is 6.32. The lowest BCUT2D eigenvalue weighted by molar-refractivity contribution is -0.121. The smallest absolute Gasteiger partial charge is 0.335 e. The Bertz CT molecular complexity index is 890. The van der Waals surface area contributed by atoms with E-state index in [0.717, 1.165) is 30.4 Å². The van der Waals surface area contributed by atoms with Gasteiger partial charge in [-0.25, -0.2) is 4.79 Å². The second-order valence-corrected chi connectivity index (χ2v) is 7.46. The average Bonchev–Trinajstić information content (AvgIpc) is 3.21. The molecule has 6 heteroatoms. The van der Waals surface area contributed by atoms with Crippen molar-refractivity contribution in [3.8, 4) is 11.1 Å². The first-order valence-corrected chi connectivity index (χ1v) is 9.89. The Morgan fingerprint density at radius 3 is 2.03 bits per heavy atom. The third-order valence-electron chi connectivity index (χ3n) is 5.56. The van der Waals surface area contributed by atoms with Crippen LogP contribution >= 0.6 is 0 Å². The van der Waals surface area contributed by atoms with Gasteiger partial charge in [0, 0.05) is 31.1 Å². The van der Waals surface area contributed by atoms with Crippen molar-refractivity contribution in [1.82, 2.24) is 10.2 Å². The summed E-state index contributed by atoms with van der Waals surface area (Å²) in [6.45, 7) is 1.83. The van der Waals surface area contributed by atoms with E-state index in [-0.39, 0.29) is 29.5 Å². The molecule has 1 fully saturated rings. The normalized spacial score (nSPS) is 18.3. The van der Waals surface area contributed by atoms with Crippen molar-refractivity contribution in [1.29, 1.82) is 0 Å². The van der Waals surface area contributed by atoms with Crippen LogP contribution in [0.15, 0.2) is 48.5 Å². The van der Waals surface area contributed by atoms with Crippen LogP contribution in [0.3, 0.4) is 0 Å². The minimum atomic E-state index is -0.955. The third kappa shape index (κ3) is 4.83. The van der Waals surface area contributed by atoms with Gasteiger partial charge >= 0.3 is 5.97 Å². The summed E-state index contributed by atoms with van der Waals surface area (Å²) in [5.74, 6) is -0.939. The molecule has 2 aromatic carbocycles. The highest BCUT2D eigenvalue weighted by Gasteiger charge is 2.30. The number of nitrogens with one attached hydrogen (secondary N) is 1. The Hall–Kier alpha value is -3.15. The summed E-state index contributed by atoms with van der Waals surface area (Å²) in [5, 5.41) is 12.0. The van der Waals surface area contributed by atoms with Gasteiger partial charge in [-0.05, 0) is 54.7 Å². The molecular formula is C23H26N2O4. The molecule has 0 aromatic heterocycles. The number of rotatable bonds is 6. The van der Waals surface area contributed by atoms with Gasteiger partial charge in [-0.3, -0.25) is 9.59 Å². The molecule has 1 aliphatic rings. The second-order valence-electron chi connectivity index (χ2n) is 7.46. The molecule has 2 N–H and O–H groups in total. The van der Waals surface area contributed by atoms with Crippen molar-refractivity contribution in [3.05, 3.63) is 59.7 Å². The molecule has 29 heavy (non-hydrogen) atoms. The minimum absolute atomic E-state index is 0.0368. The van der Waals surface area contributed by atoms with Crippen LogP contribution in [0.5, 0.6) is 0 Å². The lowest BCUT2D eigenvalue weighted by Gasteiger charge is -2.25. The molecule has 2 aromatic rings. The monoisotopic (exact) mass is 394 g/mol. The van der Waals surface area contributed by atoms with Crippen molar-refractivity contribution in [2.24, 2.45) is 0 Å². The fraction of sp³-hybridized carbons (Fsp3) is 0.348. The van der Waals surface area contributed by atoms with Crippen molar-refractivity contribution in [2.45, 2.75) is 44.7 Å². The summed E-state index contributed by atoms with van der Waals surface area (Å²) in [7, 11) is 1.82. The van der Waals surface area contributed by atoms with Crippen LogP contribution in [-0.2, 0) is 4.79 Å². The van der Waals surface area contributed by atoms with E-state index in [2.05, 4.69) is 5.32 Å². The standard InChI is InChI=1S/C23H26N2O4/c1-3-21(26)24-19-12-13-20(14-19)25(2)22(27)17-8-4-15(5-9-17)16-6-10-18(11-7-16)23(28)29/h4-11,19-20H,3,12-14H2,1-2H3,(H,24,26)(H,28,29)/t19-,20+/m0/s1. The molecule has 0 heterocycles. The first-order valence-electron chi connectivity index (χ1n) is 9.89. The van der Waals surface area contributed by atoms with Gasteiger partial charge in [0.1, 0.15) is 0 Å². The summed E-state index contributed by atoms with van der Waals surface area (Å²) in [6.07, 6.45) is 3.02. The highest BCUT2D eigenvalue weighted by Crippen LogP contribution is 2.26. The number of nitrogens with zero attached hydrogens (tertiary/aromatic N) is 1. The van der Waals surface area contributed by atoms with Gasteiger partial charge in [0.2, 0.25) is 5.91 Å². The van der Waals surface area contributed by atoms with Gasteiger partial charge in [0.15, 0.2) is 0 Å². The number of hydrogen-bond acceptors (Lipinski definition) is 3. The first kappa shape index (κ1) is 20.6. The summed E-state index contributed by atoms with van der Waals surface area (Å²) in [5.41, 5.74) is 2.67. The maximum atomic E-state index is 12.9. The van der Waals surface area contributed by atoms with Crippen LogP contribution in [-0.4, -0.2) is 46.9 Å². The van der Waals surface area contributed by atoms with E-state index in [1.165, 1.54) is 0 Å². The molecule has 0 spiro atoms. The lowest BCUT2D eigenvalue weighted by Crippen LogP contribution is -2.38. The molecule has 3 rings (SSSR count). The van der Waals surface area contributed by atoms with Gasteiger partial charge in [-0.1, -0.05) is 31.2 Å². The molecule has 152 valence electrons. The summed E-state index contributed by atoms with van der Waals surface area (Å²) >= 11 is 0. The van der Waals surface area contributed by atoms with Crippen LogP contribution in [0.25, 0.3) is 11.1 Å². The van der Waals surface area contributed by atoms with E-state index >= 15 is 0 Å². The Balaban J connectivity index is 1.64. The number of hydrogen-bond donors (Lipinski definition) is 2. The van der Waals surface area contributed by atoms with Crippen molar-refractivity contribution < 1.29 is 19.5 Å². The van der Waals surface area contributed by atoms with Crippen LogP contribution in [0.4, 0.5) is 0 Å². The highest BCUT2D eigenvalue weighted by atomic mass is 16.4. The predicted octanol–water partition coefficient (Wildman–Crippen LogP) is 3.57. The van der Waals surface area contributed by atoms with Crippen molar-refractivity contribution in [3.63, 3.8) is 0 Å². The van der Waals surface area contributed by atoms with Crippen LogP contribution in [0.1, 0.15) is 53.3 Å². The molecule has 0 unspecified atom stereocenters. The average molecular weight is 394 g/mol. The zero-order valence-electron chi connectivity index (χ0n) is 16.7. The topological polar surface area (TPSA) is 86.7 Å². The van der Waals surface area contributed by atoms with Gasteiger partial charge in [0.25, 0.3) is 5.91 Å². The summed E-state index contributed by atoms with van der Waals surface area (Å²) in [4.78, 5) is 37.2. The number of carboxylic acids is 1. The first-order chi connectivity index (χ1) is 13.9. The SMILES string of the molecule is CCC(=O)N[C@H]1CC[C@@H](N(C)C(=O)c2ccc(-c3ccc(C(=O)O)cc3)cc2)C1. The van der Waals surface area contributed by atoms with Crippen molar-refractivity contribution >= 4 is 17.8 Å². The Morgan fingerprint density at radius 1 is 0.966 bits per heavy atom. The molecule has 0 bridgehead atoms. The largest absolute Gasteiger partial charge is 0.478 e. The minimum Gasteiger partial charge on any atom is -0.478 e. The van der Waals surface area contributed by atoms with E-state index in [1.54, 1.807) is 41.3 Å². The zero-order valence-corrected chi connectivity index (χ0v) is 16.7. The molecule has 0 saturated heterocycles. The van der Waals surface area contributed by atoms with E-state index in [1.807, 2.05) is 26.1 Å². The predicted molar refractivity (Wildman–Crippen MR) is 111 cm³/mol. The van der Waals surface area contributed by atoms with Crippen molar-refractivity contribution in [2.75, 3.05) is 7.05 Å². The fourth-order valence-corrected chi connectivity index (χ4v) is 3.75. The van der Waals surface area contributed by atoms with Crippen LogP contribution < -0.4 is 5.32 Å². The van der Waals surface area contributed by atoms with E-state index in [4.69, 9.17) is 5.11 Å². The molecular weight excluding hydrogens is 368 g/mol. The van der Waals surface area contributed by atoms with Gasteiger partial charge in [-0.15, -0.1) is 0 Å². The number of amides is 2. The van der Waals surface area contributed by atoms with E-state index < -0.39 is 5.97 Å². The molecule has 1 aliphatic carbocycles. The maximum absolute atomic E-state index is 12.9. The maximum Gasteiger partial charge on any atom is 0.335 e. The Labute approximate surface area is 170 Å². The van der Waals surface area contributed by atoms with Gasteiger partial charge < -0.3 is 15.3 Å². The number of carbonyl (C=O) groups is 3.